The third-order valence-electron chi connectivity index (χ3n) is 0. The molecule has 0 spiro atoms. The molecule has 0 aliphatic carbocycles. The Morgan fingerprint density at radius 2 is 1.11 bits per heavy atom. The maximum Gasteiger partial charge on any atom is 2.00 e. The molecule has 0 aliphatic rings. The summed E-state index contributed by atoms with van der Waals surface area (Å²) in [7, 11) is 0. The smallest absolute Gasteiger partial charge is 1.00 e. The Balaban J connectivity index is -0.00000000214. The normalized spacial score (nSPS) is 4.00. The Bertz CT molecular complexity index is 28.1. The summed E-state index contributed by atoms with van der Waals surface area (Å²) in [5, 5.41) is 8.06. The summed E-state index contributed by atoms with van der Waals surface area (Å²) in [4.78, 5) is 0. The first-order chi connectivity index (χ1) is 1.73. The van der Waals surface area contributed by atoms with E-state index >= 15 is 0 Å². The van der Waals surface area contributed by atoms with Crippen molar-refractivity contribution in [3.05, 3.63) is 0 Å². The molecule has 0 aromatic rings. The fourth-order valence-electron chi connectivity index (χ4n) is 0. The van der Waals surface area contributed by atoms with Gasteiger partial charge in [-0.2, -0.15) is 0 Å². The van der Waals surface area contributed by atoms with Crippen LogP contribution in [0.5, 0.6) is 0 Å². The Hall–Kier alpha value is 1.32. The van der Waals surface area contributed by atoms with Crippen LogP contribution in [0.2, 0.25) is 0 Å². The van der Waals surface area contributed by atoms with Crippen LogP contribution in [-0.2, 0) is 21.7 Å². The average Bonchev–Trinajstić information content (AvgIpc) is 0.811. The van der Waals surface area contributed by atoms with E-state index in [9.17, 15) is 0 Å². The van der Waals surface area contributed by atoms with Crippen molar-refractivity contribution >= 4 is 23.1 Å². The van der Waals surface area contributed by atoms with E-state index in [-0.39, 0.29) is 70.2 Å². The van der Waals surface area contributed by atoms with Crippen molar-refractivity contribution in [1.82, 2.24) is 0 Å². The molecule has 0 saturated heterocycles. The van der Waals surface area contributed by atoms with Gasteiger partial charge in [0.25, 0.3) is 0 Å². The molecule has 0 aromatic carbocycles. The third kappa shape index (κ3) is 286. The average molecular weight is 188 g/mol. The monoisotopic (exact) mass is 188 g/mol. The number of rotatable bonds is 0. The van der Waals surface area contributed by atoms with E-state index in [1.54, 1.807) is 13.8 Å². The van der Waals surface area contributed by atoms with Crippen molar-refractivity contribution < 1.29 is 46.1 Å². The zero-order valence-corrected chi connectivity index (χ0v) is 8.71. The topological polar surface area (TPSA) is 115 Å². The van der Waals surface area contributed by atoms with Crippen LogP contribution < -0.4 is 0 Å². The first-order valence-corrected chi connectivity index (χ1v) is 1.41. The molecule has 0 radical (unpaired) electrons. The second-order valence-corrected chi connectivity index (χ2v) is 1.09. The van der Waals surface area contributed by atoms with Gasteiger partial charge in [-0.1, -0.05) is 0 Å². The number of hydrogen-bond acceptors (Lipinski definition) is 1. The molecule has 6 heteroatoms. The second kappa shape index (κ2) is 34.6. The first-order valence-electron chi connectivity index (χ1n) is 1.41. The standard InChI is InChI=1S/C3H8O.Mg.3H2O.Ti.2H/c1-3(2)4;;;;;;;/h3-4H,1-2H3;;3*1H2;;;/q;+2;;;;;2*-1. The van der Waals surface area contributed by atoms with E-state index in [1.165, 1.54) is 0 Å². The molecule has 0 unspecified atom stereocenters. The van der Waals surface area contributed by atoms with Gasteiger partial charge in [-0.25, -0.2) is 0 Å². The van der Waals surface area contributed by atoms with Crippen molar-refractivity contribution in [2.24, 2.45) is 0 Å². The van der Waals surface area contributed by atoms with Gasteiger partial charge >= 0.3 is 23.1 Å². The summed E-state index contributed by atoms with van der Waals surface area (Å²) in [5.74, 6) is 0. The molecule has 0 amide bonds. The van der Waals surface area contributed by atoms with Gasteiger partial charge in [0.15, 0.2) is 0 Å². The maximum atomic E-state index is 8.06. The summed E-state index contributed by atoms with van der Waals surface area (Å²) in [6.45, 7) is 3.44. The molecule has 0 heterocycles. The van der Waals surface area contributed by atoms with Crippen molar-refractivity contribution in [3.63, 3.8) is 0 Å². The second-order valence-electron chi connectivity index (χ2n) is 1.09. The van der Waals surface area contributed by atoms with Crippen LogP contribution in [0.3, 0.4) is 0 Å². The third-order valence-corrected chi connectivity index (χ3v) is 0. The predicted octanol–water partition coefficient (Wildman–Crippen LogP) is -2.25. The SMILES string of the molecule is CC(C)O.O.O.O.[H-].[H-].[Mg+2].[Ti]. The summed E-state index contributed by atoms with van der Waals surface area (Å²) < 4.78 is 0. The van der Waals surface area contributed by atoms with Gasteiger partial charge in [0, 0.05) is 27.8 Å². The summed E-state index contributed by atoms with van der Waals surface area (Å²) in [5.41, 5.74) is 0. The minimum Gasteiger partial charge on any atom is -1.00 e. The quantitative estimate of drug-likeness (QED) is 0.425. The van der Waals surface area contributed by atoms with E-state index in [1.807, 2.05) is 0 Å². The van der Waals surface area contributed by atoms with E-state index in [0.717, 1.165) is 0 Å². The molecular formula is C3H16MgO4Ti. The van der Waals surface area contributed by atoms with Gasteiger partial charge in [-0.15, -0.1) is 0 Å². The molecule has 7 N–H and O–H groups in total. The van der Waals surface area contributed by atoms with Crippen LogP contribution in [0.15, 0.2) is 0 Å². The maximum absolute atomic E-state index is 8.06. The van der Waals surface area contributed by atoms with E-state index in [4.69, 9.17) is 5.11 Å². The Morgan fingerprint density at radius 1 is 1.11 bits per heavy atom. The van der Waals surface area contributed by atoms with E-state index in [0.29, 0.717) is 0 Å². The molecule has 0 aliphatic heterocycles. The number of aliphatic hydroxyl groups is 1. The van der Waals surface area contributed by atoms with Gasteiger partial charge in [0.05, 0.1) is 0 Å². The molecule has 58 valence electrons. The molecule has 9 heavy (non-hydrogen) atoms. The van der Waals surface area contributed by atoms with Crippen LogP contribution in [0.4, 0.5) is 0 Å². The van der Waals surface area contributed by atoms with E-state index < -0.39 is 0 Å². The molecule has 0 saturated carbocycles. The molecule has 0 bridgehead atoms. The van der Waals surface area contributed by atoms with Gasteiger partial charge < -0.3 is 24.4 Å². The Morgan fingerprint density at radius 3 is 1.11 bits per heavy atom. The van der Waals surface area contributed by atoms with Crippen molar-refractivity contribution in [1.29, 1.82) is 0 Å². The van der Waals surface area contributed by atoms with E-state index in [2.05, 4.69) is 0 Å². The summed E-state index contributed by atoms with van der Waals surface area (Å²) >= 11 is 0. The molecule has 0 atom stereocenters. The van der Waals surface area contributed by atoms with Crippen LogP contribution in [0.25, 0.3) is 0 Å². The molecule has 0 rings (SSSR count). The Kier molecular flexibility index (Phi) is 184. The van der Waals surface area contributed by atoms with Gasteiger partial charge in [0.1, 0.15) is 0 Å². The van der Waals surface area contributed by atoms with Crippen molar-refractivity contribution in [2.45, 2.75) is 20.0 Å². The number of aliphatic hydroxyl groups excluding tert-OH is 1. The fourth-order valence-corrected chi connectivity index (χ4v) is 0. The zero-order chi connectivity index (χ0) is 3.58. The summed E-state index contributed by atoms with van der Waals surface area (Å²) in [6.07, 6.45) is -0.167. The van der Waals surface area contributed by atoms with Crippen LogP contribution in [0.1, 0.15) is 16.7 Å². The zero-order valence-electron chi connectivity index (χ0n) is 7.73. The van der Waals surface area contributed by atoms with Crippen LogP contribution in [0, 0.1) is 0 Å². The predicted molar refractivity (Wildman–Crippen MR) is 36.2 cm³/mol. The molecule has 0 aromatic heterocycles. The first kappa shape index (κ1) is 48.0. The van der Waals surface area contributed by atoms with Crippen molar-refractivity contribution in [2.75, 3.05) is 0 Å². The summed E-state index contributed by atoms with van der Waals surface area (Å²) in [6, 6.07) is 0. The minimum absolute atomic E-state index is 0. The largest absolute Gasteiger partial charge is 2.00 e. The fraction of sp³-hybridized carbons (Fsp3) is 1.00. The molecule has 4 nitrogen and oxygen atoms in total. The Labute approximate surface area is 89.0 Å². The van der Waals surface area contributed by atoms with Crippen LogP contribution in [-0.4, -0.2) is 50.7 Å². The molecule has 0 fully saturated rings. The van der Waals surface area contributed by atoms with Gasteiger partial charge in [-0.05, 0) is 13.8 Å². The van der Waals surface area contributed by atoms with Crippen molar-refractivity contribution in [3.8, 4) is 0 Å². The van der Waals surface area contributed by atoms with Gasteiger partial charge in [-0.3, -0.25) is 0 Å². The molecular weight excluding hydrogens is 172 g/mol. The van der Waals surface area contributed by atoms with Crippen LogP contribution >= 0.6 is 0 Å². The minimum atomic E-state index is -0.167. The number of hydrogen-bond donors (Lipinski definition) is 1. The van der Waals surface area contributed by atoms with Gasteiger partial charge in [0.2, 0.25) is 0 Å².